The number of rotatable bonds is 10. The molecule has 2 atom stereocenters. The highest BCUT2D eigenvalue weighted by atomic mass is 16.2. The van der Waals surface area contributed by atoms with E-state index in [1.165, 1.54) is 18.4 Å². The number of hydrogen-bond donors (Lipinski definition) is 3. The number of nitrogens with one attached hydrogen (secondary N) is 3. The number of anilines is 2. The smallest absolute Gasteiger partial charge is 0.262 e. The SMILES string of the molecule is C[C@H]1CCCN1Cc1nc2cc(NC(=O)c3ccc(C4CCN(C(=O)CCN5CCN(c6ccc7c(c6)C(=O)N(C6CCC(=O)NC6=O)C7=O)CC5)CC4)cc3)ccc2[nH]1. The van der Waals surface area contributed by atoms with Crippen molar-refractivity contribution < 1.29 is 28.8 Å². The Kier molecular flexibility index (Phi) is 10.9. The fourth-order valence-corrected chi connectivity index (χ4v) is 9.50. The summed E-state index contributed by atoms with van der Waals surface area (Å²) in [6.07, 6.45) is 4.84. The molecule has 5 aliphatic heterocycles. The molecular weight excluding hydrogens is 763 g/mol. The summed E-state index contributed by atoms with van der Waals surface area (Å²) >= 11 is 0. The lowest BCUT2D eigenvalue weighted by molar-refractivity contribution is -0.136. The van der Waals surface area contributed by atoms with E-state index in [9.17, 15) is 28.8 Å². The fourth-order valence-electron chi connectivity index (χ4n) is 9.50. The molecule has 6 heterocycles. The number of fused-ring (bicyclic) bond motifs is 2. The first-order valence-corrected chi connectivity index (χ1v) is 21.3. The molecule has 0 spiro atoms. The van der Waals surface area contributed by atoms with E-state index in [0.29, 0.717) is 62.4 Å². The summed E-state index contributed by atoms with van der Waals surface area (Å²) < 4.78 is 0. The van der Waals surface area contributed by atoms with Gasteiger partial charge in [-0.05, 0) is 106 Å². The number of imide groups is 2. The van der Waals surface area contributed by atoms with Gasteiger partial charge >= 0.3 is 0 Å². The maximum absolute atomic E-state index is 13.3. The van der Waals surface area contributed by atoms with Crippen molar-refractivity contribution in [3.63, 3.8) is 0 Å². The number of hydrogen-bond acceptors (Lipinski definition) is 10. The van der Waals surface area contributed by atoms with Gasteiger partial charge in [0.1, 0.15) is 11.9 Å². The van der Waals surface area contributed by atoms with Crippen LogP contribution in [0.4, 0.5) is 11.4 Å². The number of imidazole rings is 1. The van der Waals surface area contributed by atoms with Gasteiger partial charge in [0.15, 0.2) is 0 Å². The number of likely N-dealkylation sites (tertiary alicyclic amines) is 2. The maximum atomic E-state index is 13.3. The van der Waals surface area contributed by atoms with Gasteiger partial charge in [-0.15, -0.1) is 0 Å². The molecule has 3 N–H and O–H groups in total. The third-order valence-electron chi connectivity index (χ3n) is 13.1. The van der Waals surface area contributed by atoms with Crippen molar-refractivity contribution in [1.82, 2.24) is 34.9 Å². The van der Waals surface area contributed by atoms with Crippen molar-refractivity contribution >= 4 is 57.9 Å². The van der Waals surface area contributed by atoms with Crippen LogP contribution in [0.25, 0.3) is 11.0 Å². The predicted octanol–water partition coefficient (Wildman–Crippen LogP) is 4.12. The number of amides is 6. The molecule has 4 saturated heterocycles. The van der Waals surface area contributed by atoms with Crippen LogP contribution in [0.3, 0.4) is 0 Å². The Morgan fingerprint density at radius 2 is 1.58 bits per heavy atom. The second-order valence-electron chi connectivity index (χ2n) is 16.9. The lowest BCUT2D eigenvalue weighted by Crippen LogP contribution is -2.54. The molecule has 9 rings (SSSR count). The van der Waals surface area contributed by atoms with Crippen molar-refractivity contribution in [1.29, 1.82) is 0 Å². The van der Waals surface area contributed by atoms with Crippen LogP contribution >= 0.6 is 0 Å². The van der Waals surface area contributed by atoms with E-state index in [0.717, 1.165) is 66.5 Å². The number of aromatic amines is 1. The summed E-state index contributed by atoms with van der Waals surface area (Å²) in [6, 6.07) is 18.4. The first-order chi connectivity index (χ1) is 29.1. The fraction of sp³-hybridized carbons (Fsp3) is 0.444. The number of aromatic nitrogens is 2. The Morgan fingerprint density at radius 1 is 0.817 bits per heavy atom. The molecule has 1 aromatic heterocycles. The number of nitrogens with zero attached hydrogens (tertiary/aromatic N) is 6. The van der Waals surface area contributed by atoms with Gasteiger partial charge in [0.05, 0.1) is 28.7 Å². The Labute approximate surface area is 348 Å². The Hall–Kier alpha value is -5.93. The van der Waals surface area contributed by atoms with Crippen molar-refractivity contribution in [2.45, 2.75) is 76.4 Å². The van der Waals surface area contributed by atoms with Crippen LogP contribution in [0, 0.1) is 0 Å². The average molecular weight is 814 g/mol. The maximum Gasteiger partial charge on any atom is 0.262 e. The zero-order valence-corrected chi connectivity index (χ0v) is 34.0. The second kappa shape index (κ2) is 16.6. The minimum absolute atomic E-state index is 0.0784. The van der Waals surface area contributed by atoms with E-state index in [2.05, 4.69) is 37.2 Å². The van der Waals surface area contributed by atoms with Crippen LogP contribution in [0.2, 0.25) is 0 Å². The van der Waals surface area contributed by atoms with Crippen LogP contribution in [0.15, 0.2) is 60.7 Å². The minimum atomic E-state index is -0.991. The third-order valence-corrected chi connectivity index (χ3v) is 13.1. The van der Waals surface area contributed by atoms with E-state index >= 15 is 0 Å². The lowest BCUT2D eigenvalue weighted by atomic mass is 9.89. The van der Waals surface area contributed by atoms with E-state index in [1.807, 2.05) is 53.4 Å². The number of benzene rings is 3. The lowest BCUT2D eigenvalue weighted by Gasteiger charge is -2.37. The molecule has 4 fully saturated rings. The third kappa shape index (κ3) is 8.03. The van der Waals surface area contributed by atoms with Crippen LogP contribution in [-0.4, -0.2) is 129 Å². The topological polar surface area (TPSA) is 171 Å². The Balaban J connectivity index is 0.706. The minimum Gasteiger partial charge on any atom is -0.369 e. The highest BCUT2D eigenvalue weighted by Crippen LogP contribution is 2.32. The van der Waals surface area contributed by atoms with Crippen molar-refractivity contribution in [2.75, 3.05) is 62.6 Å². The average Bonchev–Trinajstić information content (AvgIpc) is 3.94. The first kappa shape index (κ1) is 39.5. The molecule has 0 radical (unpaired) electrons. The van der Waals surface area contributed by atoms with E-state index < -0.39 is 29.7 Å². The van der Waals surface area contributed by atoms with Crippen LogP contribution < -0.4 is 15.5 Å². The molecule has 6 amide bonds. The quantitative estimate of drug-likeness (QED) is 0.198. The monoisotopic (exact) mass is 813 g/mol. The van der Waals surface area contributed by atoms with Gasteiger partial charge in [0, 0.05) is 81.6 Å². The van der Waals surface area contributed by atoms with Gasteiger partial charge in [-0.25, -0.2) is 4.98 Å². The molecule has 0 bridgehead atoms. The highest BCUT2D eigenvalue weighted by molar-refractivity contribution is 6.23. The molecule has 4 aromatic rings. The molecule has 15 heteroatoms. The molecule has 0 saturated carbocycles. The summed E-state index contributed by atoms with van der Waals surface area (Å²) in [4.78, 5) is 95.0. The molecule has 3 aromatic carbocycles. The van der Waals surface area contributed by atoms with Gasteiger partial charge in [0.25, 0.3) is 17.7 Å². The Morgan fingerprint density at radius 3 is 2.32 bits per heavy atom. The predicted molar refractivity (Wildman–Crippen MR) is 225 cm³/mol. The molecule has 312 valence electrons. The molecule has 0 aliphatic carbocycles. The largest absolute Gasteiger partial charge is 0.369 e. The van der Waals surface area contributed by atoms with Gasteiger partial charge in [0.2, 0.25) is 17.7 Å². The molecule has 15 nitrogen and oxygen atoms in total. The first-order valence-electron chi connectivity index (χ1n) is 21.3. The van der Waals surface area contributed by atoms with E-state index in [-0.39, 0.29) is 35.8 Å². The van der Waals surface area contributed by atoms with E-state index in [1.54, 1.807) is 12.1 Å². The van der Waals surface area contributed by atoms with Crippen molar-refractivity contribution in [3.05, 3.63) is 88.7 Å². The van der Waals surface area contributed by atoms with Crippen molar-refractivity contribution in [2.24, 2.45) is 0 Å². The summed E-state index contributed by atoms with van der Waals surface area (Å²) in [5, 5.41) is 5.26. The van der Waals surface area contributed by atoms with Gasteiger partial charge < -0.3 is 20.1 Å². The Bertz CT molecular complexity index is 2340. The summed E-state index contributed by atoms with van der Waals surface area (Å²) in [5.41, 5.74) is 5.65. The molecular formula is C45H51N9O6. The summed E-state index contributed by atoms with van der Waals surface area (Å²) in [6.45, 7) is 9.16. The zero-order valence-electron chi connectivity index (χ0n) is 34.0. The summed E-state index contributed by atoms with van der Waals surface area (Å²) in [5.74, 6) is -0.782. The zero-order chi connectivity index (χ0) is 41.5. The van der Waals surface area contributed by atoms with Gasteiger partial charge in [-0.1, -0.05) is 12.1 Å². The van der Waals surface area contributed by atoms with Crippen molar-refractivity contribution in [3.8, 4) is 0 Å². The highest BCUT2D eigenvalue weighted by Gasteiger charge is 2.45. The van der Waals surface area contributed by atoms with E-state index in [4.69, 9.17) is 4.98 Å². The molecule has 5 aliphatic rings. The number of piperazine rings is 1. The standard InChI is InChI=1S/C45H51N9O6/c1-28-3-2-17-53(28)27-39-47-36-11-8-32(25-37(36)48-39)46-42(57)31-6-4-29(5-7-31)30-14-19-52(20-15-30)41(56)16-18-50-21-23-51(24-22-50)33-9-10-34-35(26-33)45(60)54(44(34)59)38-12-13-40(55)49-43(38)58/h4-11,25-26,28,30,38H,2-3,12-24,27H2,1H3,(H,46,57)(H,47,48)(H,49,55,58)/t28-,38?/m0/s1. The van der Waals surface area contributed by atoms with Crippen LogP contribution in [0.1, 0.15) is 100 Å². The van der Waals surface area contributed by atoms with Gasteiger partial charge in [-0.3, -0.25) is 48.8 Å². The molecule has 1 unspecified atom stereocenters. The number of carbonyl (C=O) groups excluding carboxylic acids is 6. The number of piperidine rings is 2. The second-order valence-corrected chi connectivity index (χ2v) is 16.9. The van der Waals surface area contributed by atoms with Crippen LogP contribution in [0.5, 0.6) is 0 Å². The molecule has 60 heavy (non-hydrogen) atoms. The summed E-state index contributed by atoms with van der Waals surface area (Å²) in [7, 11) is 0. The number of H-pyrrole nitrogens is 1. The van der Waals surface area contributed by atoms with Gasteiger partial charge in [-0.2, -0.15) is 0 Å². The number of carbonyl (C=O) groups is 6. The normalized spacial score (nSPS) is 21.9. The van der Waals surface area contributed by atoms with Crippen LogP contribution in [-0.2, 0) is 20.9 Å².